The summed E-state index contributed by atoms with van der Waals surface area (Å²) in [7, 11) is 1.65. The van der Waals surface area contributed by atoms with E-state index in [0.29, 0.717) is 24.7 Å². The van der Waals surface area contributed by atoms with Gasteiger partial charge in [-0.15, -0.1) is 0 Å². The summed E-state index contributed by atoms with van der Waals surface area (Å²) in [6, 6.07) is 7.49. The van der Waals surface area contributed by atoms with Crippen LogP contribution in [0.15, 0.2) is 35.3 Å². The van der Waals surface area contributed by atoms with Gasteiger partial charge in [0.1, 0.15) is 0 Å². The summed E-state index contributed by atoms with van der Waals surface area (Å²) in [6.45, 7) is 2.84. The summed E-state index contributed by atoms with van der Waals surface area (Å²) in [5, 5.41) is 11.9. The lowest BCUT2D eigenvalue weighted by Gasteiger charge is -2.23. The van der Waals surface area contributed by atoms with E-state index in [9.17, 15) is 9.59 Å². The number of nitrogens with zero attached hydrogens (tertiary/aromatic N) is 4. The number of likely N-dealkylation sites (tertiary alicyclic amines) is 1. The quantitative estimate of drug-likeness (QED) is 0.665. The molecule has 0 spiro atoms. The maximum Gasteiger partial charge on any atom is 0.255 e. The van der Waals surface area contributed by atoms with Crippen molar-refractivity contribution in [3.8, 4) is 0 Å². The van der Waals surface area contributed by atoms with Crippen LogP contribution in [-0.2, 0) is 11.8 Å². The lowest BCUT2D eigenvalue weighted by Crippen LogP contribution is -2.30. The van der Waals surface area contributed by atoms with Crippen LogP contribution in [0.2, 0.25) is 0 Å². The summed E-state index contributed by atoms with van der Waals surface area (Å²) in [4.78, 5) is 31.1. The van der Waals surface area contributed by atoms with Crippen molar-refractivity contribution in [3.05, 3.63) is 52.1 Å². The number of aryl methyl sites for hydroxylation is 1. The van der Waals surface area contributed by atoms with Gasteiger partial charge in [-0.1, -0.05) is 0 Å². The lowest BCUT2D eigenvalue weighted by atomic mass is 10.0. The van der Waals surface area contributed by atoms with Crippen LogP contribution in [0.1, 0.15) is 41.2 Å². The number of amides is 1. The molecule has 0 radical (unpaired) electrons. The summed E-state index contributed by atoms with van der Waals surface area (Å²) < 4.78 is 6.85. The molecular weight excluding hydrogens is 396 g/mol. The fraction of sp³-hybridized carbons (Fsp3) is 0.455. The van der Waals surface area contributed by atoms with Gasteiger partial charge in [0.15, 0.2) is 11.5 Å². The smallest absolute Gasteiger partial charge is 0.255 e. The first kappa shape index (κ1) is 19.7. The number of hydrogen-bond donors (Lipinski definition) is 2. The third-order valence-electron chi connectivity index (χ3n) is 6.23. The maximum absolute atomic E-state index is 12.8. The molecule has 1 amide bonds. The molecular formula is C22H26N6O3. The van der Waals surface area contributed by atoms with Gasteiger partial charge in [-0.3, -0.25) is 14.7 Å². The number of hydrogen-bond acceptors (Lipinski definition) is 6. The summed E-state index contributed by atoms with van der Waals surface area (Å²) in [5.41, 5.74) is 2.13. The molecule has 0 saturated carbocycles. The first-order valence-electron chi connectivity index (χ1n) is 10.7. The summed E-state index contributed by atoms with van der Waals surface area (Å²) in [6.07, 6.45) is 4.40. The van der Waals surface area contributed by atoms with E-state index in [1.165, 1.54) is 10.6 Å². The molecule has 3 aromatic heterocycles. The number of aromatic nitrogens is 4. The van der Waals surface area contributed by atoms with E-state index in [0.717, 1.165) is 55.0 Å². The fourth-order valence-electron chi connectivity index (χ4n) is 4.38. The normalized spacial score (nSPS) is 19.8. The monoisotopic (exact) mass is 422 g/mol. The molecule has 0 unspecified atom stereocenters. The molecule has 0 bridgehead atoms. The van der Waals surface area contributed by atoms with Crippen LogP contribution >= 0.6 is 0 Å². The van der Waals surface area contributed by atoms with E-state index in [-0.39, 0.29) is 17.4 Å². The molecule has 0 aliphatic carbocycles. The Bertz CT molecular complexity index is 1160. The second-order valence-corrected chi connectivity index (χ2v) is 8.34. The second kappa shape index (κ2) is 8.14. The van der Waals surface area contributed by atoms with Crippen LogP contribution in [0, 0.1) is 0 Å². The number of anilines is 1. The van der Waals surface area contributed by atoms with Gasteiger partial charge in [-0.25, -0.2) is 4.98 Å². The molecule has 162 valence electrons. The van der Waals surface area contributed by atoms with E-state index < -0.39 is 0 Å². The minimum Gasteiger partial charge on any atom is -0.381 e. The van der Waals surface area contributed by atoms with E-state index in [1.54, 1.807) is 19.3 Å². The van der Waals surface area contributed by atoms with Crippen LogP contribution in [0.4, 0.5) is 5.82 Å². The van der Waals surface area contributed by atoms with Crippen LogP contribution in [0.25, 0.3) is 11.0 Å². The van der Waals surface area contributed by atoms with Crippen LogP contribution in [-0.4, -0.2) is 62.9 Å². The minimum atomic E-state index is -0.126. The molecule has 9 heteroatoms. The Morgan fingerprint density at radius 3 is 2.84 bits per heavy atom. The van der Waals surface area contributed by atoms with E-state index in [2.05, 4.69) is 21.6 Å². The average molecular weight is 422 g/mol. The van der Waals surface area contributed by atoms with Crippen molar-refractivity contribution in [3.63, 3.8) is 0 Å². The van der Waals surface area contributed by atoms with Gasteiger partial charge in [-0.05, 0) is 37.5 Å². The highest BCUT2D eigenvalue weighted by atomic mass is 16.5. The van der Waals surface area contributed by atoms with Gasteiger partial charge in [0.2, 0.25) is 5.56 Å². The Kier molecular flexibility index (Phi) is 5.19. The van der Waals surface area contributed by atoms with E-state index in [1.807, 2.05) is 11.0 Å². The molecule has 31 heavy (non-hydrogen) atoms. The topological polar surface area (TPSA) is 105 Å². The highest BCUT2D eigenvalue weighted by Crippen LogP contribution is 2.29. The zero-order chi connectivity index (χ0) is 21.4. The third kappa shape index (κ3) is 3.93. The second-order valence-electron chi connectivity index (χ2n) is 8.34. The summed E-state index contributed by atoms with van der Waals surface area (Å²) in [5.74, 6) is 0.957. The Morgan fingerprint density at radius 2 is 2.03 bits per heavy atom. The standard InChI is InChI=1S/C22H26N6O3/c1-27-12-15(2-5-19(27)29)22(30)28-9-6-14(13-28)18-4-3-17-20(25-26-21(17)24-18)23-16-7-10-31-11-8-16/h2-5,12,14,16H,6-11,13H2,1H3,(H2,23,24,25,26)/t14-/m1/s1. The lowest BCUT2D eigenvalue weighted by molar-refractivity contribution is 0.0789. The molecule has 2 aliphatic rings. The summed E-state index contributed by atoms with van der Waals surface area (Å²) >= 11 is 0. The first-order valence-corrected chi connectivity index (χ1v) is 10.7. The van der Waals surface area contributed by atoms with Crippen LogP contribution in [0.5, 0.6) is 0 Å². The first-order chi connectivity index (χ1) is 15.1. The largest absolute Gasteiger partial charge is 0.381 e. The number of fused-ring (bicyclic) bond motifs is 1. The van der Waals surface area contributed by atoms with Crippen LogP contribution < -0.4 is 10.9 Å². The van der Waals surface area contributed by atoms with E-state index in [4.69, 9.17) is 9.72 Å². The Balaban J connectivity index is 1.29. The minimum absolute atomic E-state index is 0.0522. The average Bonchev–Trinajstić information content (AvgIpc) is 3.43. The maximum atomic E-state index is 12.8. The molecule has 1 atom stereocenters. The molecule has 2 saturated heterocycles. The zero-order valence-corrected chi connectivity index (χ0v) is 17.5. The van der Waals surface area contributed by atoms with Crippen molar-refractivity contribution < 1.29 is 9.53 Å². The van der Waals surface area contributed by atoms with Crippen molar-refractivity contribution in [2.75, 3.05) is 31.6 Å². The van der Waals surface area contributed by atoms with Crippen molar-refractivity contribution in [1.29, 1.82) is 0 Å². The van der Waals surface area contributed by atoms with Gasteiger partial charge in [0.25, 0.3) is 5.91 Å². The molecule has 2 aliphatic heterocycles. The van der Waals surface area contributed by atoms with Gasteiger partial charge in [-0.2, -0.15) is 5.10 Å². The van der Waals surface area contributed by atoms with Crippen molar-refractivity contribution in [2.24, 2.45) is 7.05 Å². The number of nitrogens with one attached hydrogen (secondary N) is 2. The van der Waals surface area contributed by atoms with Crippen molar-refractivity contribution >= 4 is 22.8 Å². The van der Waals surface area contributed by atoms with E-state index >= 15 is 0 Å². The number of aromatic amines is 1. The van der Waals surface area contributed by atoms with Crippen LogP contribution in [0.3, 0.4) is 0 Å². The molecule has 3 aromatic rings. The Labute approximate surface area is 179 Å². The number of ether oxygens (including phenoxy) is 1. The Morgan fingerprint density at radius 1 is 1.19 bits per heavy atom. The number of carbonyl (C=O) groups is 1. The van der Waals surface area contributed by atoms with Gasteiger partial charge in [0, 0.05) is 63.3 Å². The highest BCUT2D eigenvalue weighted by molar-refractivity contribution is 5.94. The predicted molar refractivity (Wildman–Crippen MR) is 116 cm³/mol. The molecule has 0 aromatic carbocycles. The highest BCUT2D eigenvalue weighted by Gasteiger charge is 2.29. The predicted octanol–water partition coefficient (Wildman–Crippen LogP) is 1.88. The van der Waals surface area contributed by atoms with Gasteiger partial charge >= 0.3 is 0 Å². The zero-order valence-electron chi connectivity index (χ0n) is 17.5. The van der Waals surface area contributed by atoms with Crippen molar-refractivity contribution in [2.45, 2.75) is 31.2 Å². The number of carbonyl (C=O) groups excluding carboxylic acids is 1. The molecule has 5 rings (SSSR count). The number of H-pyrrole nitrogens is 1. The fourth-order valence-corrected chi connectivity index (χ4v) is 4.38. The molecule has 9 nitrogen and oxygen atoms in total. The van der Waals surface area contributed by atoms with Gasteiger partial charge in [0.05, 0.1) is 10.9 Å². The SMILES string of the molecule is Cn1cc(C(=O)N2CC[C@@H](c3ccc4c(NC5CCOCC5)n[nH]c4n3)C2)ccc1=O. The number of pyridine rings is 2. The Hall–Kier alpha value is -3.20. The van der Waals surface area contributed by atoms with Gasteiger partial charge < -0.3 is 19.5 Å². The molecule has 2 fully saturated rings. The van der Waals surface area contributed by atoms with Crippen molar-refractivity contribution in [1.82, 2.24) is 24.6 Å². The number of rotatable bonds is 4. The third-order valence-corrected chi connectivity index (χ3v) is 6.23. The molecule has 2 N–H and O–H groups in total. The molecule has 5 heterocycles.